The number of halogens is 2. The van der Waals surface area contributed by atoms with Crippen LogP contribution in [-0.2, 0) is 10.2 Å². The minimum atomic E-state index is -0.608. The molecular formula is C15H20F2O2. The fourth-order valence-corrected chi connectivity index (χ4v) is 2.36. The summed E-state index contributed by atoms with van der Waals surface area (Å²) in [5.74, 6) is -0.849. The van der Waals surface area contributed by atoms with Gasteiger partial charge in [0.15, 0.2) is 0 Å². The SMILES string of the molecule is COC1CC(Oc2cc(F)cc(F)c2C(C)(C)C)C1. The van der Waals surface area contributed by atoms with E-state index in [1.54, 1.807) is 7.11 Å². The number of methoxy groups -OCH3 is 1. The Labute approximate surface area is 112 Å². The molecule has 0 aromatic heterocycles. The first-order valence-electron chi connectivity index (χ1n) is 6.50. The van der Waals surface area contributed by atoms with Crippen LogP contribution >= 0.6 is 0 Å². The maximum absolute atomic E-state index is 14.0. The lowest BCUT2D eigenvalue weighted by Crippen LogP contribution is -2.39. The van der Waals surface area contributed by atoms with Crippen molar-refractivity contribution in [2.75, 3.05) is 7.11 Å². The van der Waals surface area contributed by atoms with Crippen LogP contribution in [0.1, 0.15) is 39.2 Å². The molecule has 2 rings (SSSR count). The van der Waals surface area contributed by atoms with E-state index >= 15 is 0 Å². The van der Waals surface area contributed by atoms with Gasteiger partial charge in [-0.2, -0.15) is 0 Å². The molecule has 0 N–H and O–H groups in total. The summed E-state index contributed by atoms with van der Waals surface area (Å²) in [4.78, 5) is 0. The lowest BCUT2D eigenvalue weighted by atomic mass is 9.85. The standard InChI is InChI=1S/C15H20F2O2/c1-15(2,3)14-12(17)5-9(16)6-13(14)19-11-7-10(8-11)18-4/h5-6,10-11H,7-8H2,1-4H3. The zero-order valence-corrected chi connectivity index (χ0v) is 11.8. The average Bonchev–Trinajstić information content (AvgIpc) is 2.19. The Kier molecular flexibility index (Phi) is 3.81. The van der Waals surface area contributed by atoms with Crippen molar-refractivity contribution in [1.29, 1.82) is 0 Å². The maximum atomic E-state index is 14.0. The van der Waals surface area contributed by atoms with Gasteiger partial charge in [-0.3, -0.25) is 0 Å². The first-order valence-corrected chi connectivity index (χ1v) is 6.50. The highest BCUT2D eigenvalue weighted by molar-refractivity contribution is 5.40. The summed E-state index contributed by atoms with van der Waals surface area (Å²) in [7, 11) is 1.66. The fourth-order valence-electron chi connectivity index (χ4n) is 2.36. The normalized spacial score (nSPS) is 23.1. The van der Waals surface area contributed by atoms with Crippen molar-refractivity contribution in [3.63, 3.8) is 0 Å². The molecule has 2 nitrogen and oxygen atoms in total. The molecule has 0 bridgehead atoms. The molecule has 1 saturated carbocycles. The van der Waals surface area contributed by atoms with E-state index in [-0.39, 0.29) is 12.2 Å². The molecule has 1 aliphatic rings. The molecular weight excluding hydrogens is 250 g/mol. The van der Waals surface area contributed by atoms with Gasteiger partial charge in [-0.1, -0.05) is 20.8 Å². The summed E-state index contributed by atoms with van der Waals surface area (Å²) in [6.45, 7) is 5.65. The van der Waals surface area contributed by atoms with E-state index in [4.69, 9.17) is 9.47 Å². The van der Waals surface area contributed by atoms with Crippen LogP contribution in [0.5, 0.6) is 5.75 Å². The molecule has 0 aliphatic heterocycles. The van der Waals surface area contributed by atoms with Crippen LogP contribution in [0.3, 0.4) is 0 Å². The summed E-state index contributed by atoms with van der Waals surface area (Å²) in [6, 6.07) is 2.18. The molecule has 1 aromatic rings. The van der Waals surface area contributed by atoms with Gasteiger partial charge in [-0.25, -0.2) is 8.78 Å². The molecule has 0 radical (unpaired) electrons. The molecule has 1 aromatic carbocycles. The highest BCUT2D eigenvalue weighted by Gasteiger charge is 2.33. The van der Waals surface area contributed by atoms with Crippen molar-refractivity contribution in [3.8, 4) is 5.75 Å². The second-order valence-corrected chi connectivity index (χ2v) is 6.08. The minimum Gasteiger partial charge on any atom is -0.490 e. The highest BCUT2D eigenvalue weighted by atomic mass is 19.1. The third kappa shape index (κ3) is 3.06. The Hall–Kier alpha value is -1.16. The zero-order chi connectivity index (χ0) is 14.2. The van der Waals surface area contributed by atoms with Gasteiger partial charge in [0.25, 0.3) is 0 Å². The first-order chi connectivity index (χ1) is 8.81. The molecule has 4 heteroatoms. The van der Waals surface area contributed by atoms with Crippen LogP contribution in [-0.4, -0.2) is 19.3 Å². The van der Waals surface area contributed by atoms with Gasteiger partial charge in [-0.15, -0.1) is 0 Å². The molecule has 106 valence electrons. The second-order valence-electron chi connectivity index (χ2n) is 6.08. The third-order valence-corrected chi connectivity index (χ3v) is 3.45. The number of ether oxygens (including phenoxy) is 2. The average molecular weight is 270 g/mol. The molecule has 1 fully saturated rings. The first kappa shape index (κ1) is 14.3. The Bertz CT molecular complexity index is 460. The predicted molar refractivity (Wildman–Crippen MR) is 69.5 cm³/mol. The topological polar surface area (TPSA) is 18.5 Å². The highest BCUT2D eigenvalue weighted by Crippen LogP contribution is 2.37. The second kappa shape index (κ2) is 5.08. The van der Waals surface area contributed by atoms with Crippen molar-refractivity contribution in [2.45, 2.75) is 51.2 Å². The Morgan fingerprint density at radius 3 is 2.26 bits per heavy atom. The summed E-state index contributed by atoms with van der Waals surface area (Å²) in [5, 5.41) is 0. The third-order valence-electron chi connectivity index (χ3n) is 3.45. The summed E-state index contributed by atoms with van der Waals surface area (Å²) in [5.41, 5.74) is -0.00730. The number of hydrogen-bond acceptors (Lipinski definition) is 2. The predicted octanol–water partition coefficient (Wildman–Crippen LogP) is 3.82. The van der Waals surface area contributed by atoms with Crippen molar-refractivity contribution < 1.29 is 18.3 Å². The van der Waals surface area contributed by atoms with Gasteiger partial charge in [0.1, 0.15) is 23.5 Å². The van der Waals surface area contributed by atoms with Crippen molar-refractivity contribution in [3.05, 3.63) is 29.3 Å². The molecule has 0 saturated heterocycles. The molecule has 0 heterocycles. The fraction of sp³-hybridized carbons (Fsp3) is 0.600. The lowest BCUT2D eigenvalue weighted by molar-refractivity contribution is -0.0388. The van der Waals surface area contributed by atoms with E-state index in [2.05, 4.69) is 0 Å². The molecule has 19 heavy (non-hydrogen) atoms. The van der Waals surface area contributed by atoms with Crippen LogP contribution in [0.25, 0.3) is 0 Å². The largest absolute Gasteiger partial charge is 0.490 e. The van der Waals surface area contributed by atoms with Gasteiger partial charge in [0, 0.05) is 37.6 Å². The molecule has 1 aliphatic carbocycles. The Morgan fingerprint density at radius 1 is 1.11 bits per heavy atom. The van der Waals surface area contributed by atoms with E-state index in [1.165, 1.54) is 6.07 Å². The Morgan fingerprint density at radius 2 is 1.74 bits per heavy atom. The zero-order valence-electron chi connectivity index (χ0n) is 11.8. The van der Waals surface area contributed by atoms with Gasteiger partial charge in [0.2, 0.25) is 0 Å². The van der Waals surface area contributed by atoms with E-state index in [0.29, 0.717) is 11.3 Å². The van der Waals surface area contributed by atoms with Crippen LogP contribution in [0.2, 0.25) is 0 Å². The van der Waals surface area contributed by atoms with Crippen molar-refractivity contribution in [1.82, 2.24) is 0 Å². The minimum absolute atomic E-state index is 0.0211. The monoisotopic (exact) mass is 270 g/mol. The quantitative estimate of drug-likeness (QED) is 0.831. The number of rotatable bonds is 3. The lowest BCUT2D eigenvalue weighted by Gasteiger charge is -2.35. The summed E-state index contributed by atoms with van der Waals surface area (Å²) < 4.78 is 38.3. The van der Waals surface area contributed by atoms with Crippen LogP contribution in [0.15, 0.2) is 12.1 Å². The van der Waals surface area contributed by atoms with Crippen LogP contribution < -0.4 is 4.74 Å². The van der Waals surface area contributed by atoms with Gasteiger partial charge >= 0.3 is 0 Å². The number of hydrogen-bond donors (Lipinski definition) is 0. The van der Waals surface area contributed by atoms with Gasteiger partial charge in [0.05, 0.1) is 6.10 Å². The van der Waals surface area contributed by atoms with Gasteiger partial charge < -0.3 is 9.47 Å². The van der Waals surface area contributed by atoms with Crippen LogP contribution in [0.4, 0.5) is 8.78 Å². The summed E-state index contributed by atoms with van der Waals surface area (Å²) in [6.07, 6.45) is 1.70. The molecule has 0 atom stereocenters. The van der Waals surface area contributed by atoms with Crippen molar-refractivity contribution in [2.24, 2.45) is 0 Å². The molecule has 0 unspecified atom stereocenters. The van der Waals surface area contributed by atoms with Gasteiger partial charge in [-0.05, 0) is 5.41 Å². The number of benzene rings is 1. The van der Waals surface area contributed by atoms with E-state index in [0.717, 1.165) is 18.9 Å². The molecule has 0 spiro atoms. The van der Waals surface area contributed by atoms with E-state index < -0.39 is 17.0 Å². The molecule has 0 amide bonds. The summed E-state index contributed by atoms with van der Waals surface area (Å²) >= 11 is 0. The van der Waals surface area contributed by atoms with E-state index in [1.807, 2.05) is 20.8 Å². The van der Waals surface area contributed by atoms with Crippen molar-refractivity contribution >= 4 is 0 Å². The Balaban J connectivity index is 2.24. The van der Waals surface area contributed by atoms with E-state index in [9.17, 15) is 8.78 Å². The smallest absolute Gasteiger partial charge is 0.133 e. The maximum Gasteiger partial charge on any atom is 0.133 e. The van der Waals surface area contributed by atoms with Crippen LogP contribution in [0, 0.1) is 11.6 Å².